The van der Waals surface area contributed by atoms with Crippen molar-refractivity contribution < 1.29 is 14.6 Å². The second-order valence-electron chi connectivity index (χ2n) is 5.42. The van der Waals surface area contributed by atoms with Gasteiger partial charge in [-0.05, 0) is 17.7 Å². The smallest absolute Gasteiger partial charge is 0.229 e. The van der Waals surface area contributed by atoms with Crippen LogP contribution in [0, 0.1) is 0 Å². The highest BCUT2D eigenvalue weighted by Crippen LogP contribution is 2.22. The van der Waals surface area contributed by atoms with Crippen molar-refractivity contribution in [1.82, 2.24) is 4.90 Å². The third-order valence-electron chi connectivity index (χ3n) is 3.86. The van der Waals surface area contributed by atoms with E-state index in [1.807, 2.05) is 12.1 Å². The van der Waals surface area contributed by atoms with Crippen LogP contribution in [0.3, 0.4) is 0 Å². The molecule has 0 saturated carbocycles. The fourth-order valence-electron chi connectivity index (χ4n) is 2.74. The minimum Gasteiger partial charge on any atom is -0.391 e. The third-order valence-corrected chi connectivity index (χ3v) is 3.86. The average molecular weight is 276 g/mol. The quantitative estimate of drug-likeness (QED) is 0.879. The molecule has 0 spiro atoms. The average Bonchev–Trinajstić information content (AvgIpc) is 2.80. The molecule has 1 unspecified atom stereocenters. The summed E-state index contributed by atoms with van der Waals surface area (Å²) in [5, 5.41) is 9.52. The van der Waals surface area contributed by atoms with E-state index in [4.69, 9.17) is 4.74 Å². The van der Waals surface area contributed by atoms with Crippen LogP contribution in [-0.4, -0.2) is 54.9 Å². The Morgan fingerprint density at radius 2 is 1.90 bits per heavy atom. The first-order chi connectivity index (χ1) is 9.72. The van der Waals surface area contributed by atoms with Crippen LogP contribution in [0.5, 0.6) is 0 Å². The Labute approximate surface area is 118 Å². The Hall–Kier alpha value is -1.43. The number of hydrogen-bond acceptors (Lipinski definition) is 4. The number of β-amino-alcohol motifs (C(OH)–C–C–N with tert-alkyl or cyclic N) is 1. The Bertz CT molecular complexity index is 469. The summed E-state index contributed by atoms with van der Waals surface area (Å²) in [6.07, 6.45) is -0.300. The summed E-state index contributed by atoms with van der Waals surface area (Å²) in [6, 6.07) is 8.04. The normalized spacial score (nSPS) is 24.4. The number of aliphatic hydroxyl groups is 1. The second kappa shape index (κ2) is 5.91. The summed E-state index contributed by atoms with van der Waals surface area (Å²) in [7, 11) is 0. The molecule has 0 bridgehead atoms. The topological polar surface area (TPSA) is 53.0 Å². The van der Waals surface area contributed by atoms with Crippen LogP contribution in [0.4, 0.5) is 5.69 Å². The highest BCUT2D eigenvalue weighted by molar-refractivity contribution is 5.96. The number of nitrogens with zero attached hydrogens (tertiary/aromatic N) is 2. The summed E-state index contributed by atoms with van der Waals surface area (Å²) in [4.78, 5) is 15.8. The molecular formula is C15H20N2O3. The molecule has 2 saturated heterocycles. The van der Waals surface area contributed by atoms with Crippen molar-refractivity contribution in [2.24, 2.45) is 0 Å². The van der Waals surface area contributed by atoms with Crippen LogP contribution in [-0.2, 0) is 16.1 Å². The Morgan fingerprint density at radius 3 is 2.50 bits per heavy atom. The van der Waals surface area contributed by atoms with Crippen LogP contribution in [0.1, 0.15) is 12.0 Å². The molecule has 1 amide bonds. The molecule has 3 rings (SSSR count). The van der Waals surface area contributed by atoms with Crippen molar-refractivity contribution >= 4 is 11.6 Å². The van der Waals surface area contributed by atoms with E-state index in [1.165, 1.54) is 5.56 Å². The molecule has 2 aliphatic heterocycles. The van der Waals surface area contributed by atoms with Crippen molar-refractivity contribution in [3.63, 3.8) is 0 Å². The molecule has 2 aliphatic rings. The Morgan fingerprint density at radius 1 is 1.20 bits per heavy atom. The fourth-order valence-corrected chi connectivity index (χ4v) is 2.74. The zero-order valence-corrected chi connectivity index (χ0v) is 11.5. The monoisotopic (exact) mass is 276 g/mol. The van der Waals surface area contributed by atoms with Gasteiger partial charge >= 0.3 is 0 Å². The molecule has 1 atom stereocenters. The van der Waals surface area contributed by atoms with E-state index in [2.05, 4.69) is 17.0 Å². The highest BCUT2D eigenvalue weighted by Gasteiger charge is 2.28. The van der Waals surface area contributed by atoms with Gasteiger partial charge in [-0.3, -0.25) is 9.69 Å². The number of aliphatic hydroxyl groups excluding tert-OH is 1. The molecule has 2 fully saturated rings. The van der Waals surface area contributed by atoms with Crippen LogP contribution < -0.4 is 4.90 Å². The number of amides is 1. The van der Waals surface area contributed by atoms with Gasteiger partial charge < -0.3 is 14.7 Å². The van der Waals surface area contributed by atoms with E-state index in [9.17, 15) is 9.90 Å². The van der Waals surface area contributed by atoms with E-state index in [-0.39, 0.29) is 12.3 Å². The molecule has 20 heavy (non-hydrogen) atoms. The van der Waals surface area contributed by atoms with E-state index < -0.39 is 6.10 Å². The minimum absolute atomic E-state index is 0.00145. The lowest BCUT2D eigenvalue weighted by Crippen LogP contribution is -2.35. The molecule has 5 heteroatoms. The zero-order valence-electron chi connectivity index (χ0n) is 11.5. The van der Waals surface area contributed by atoms with Gasteiger partial charge in [-0.1, -0.05) is 12.1 Å². The summed E-state index contributed by atoms with van der Waals surface area (Å²) >= 11 is 0. The van der Waals surface area contributed by atoms with E-state index >= 15 is 0 Å². The molecule has 5 nitrogen and oxygen atoms in total. The van der Waals surface area contributed by atoms with Gasteiger partial charge in [0, 0.05) is 25.3 Å². The maximum Gasteiger partial charge on any atom is 0.229 e. The van der Waals surface area contributed by atoms with Gasteiger partial charge in [0.25, 0.3) is 0 Å². The minimum atomic E-state index is -0.532. The van der Waals surface area contributed by atoms with Crippen molar-refractivity contribution in [1.29, 1.82) is 0 Å². The first-order valence-electron chi connectivity index (χ1n) is 7.10. The molecule has 1 aromatic carbocycles. The predicted molar refractivity (Wildman–Crippen MR) is 75.5 cm³/mol. The SMILES string of the molecule is O=C1CC(O)CN1c1ccc(CN2CCOCC2)cc1. The Kier molecular flexibility index (Phi) is 4.00. The summed E-state index contributed by atoms with van der Waals surface area (Å²) < 4.78 is 5.34. The highest BCUT2D eigenvalue weighted by atomic mass is 16.5. The predicted octanol–water partition coefficient (Wildman–Crippen LogP) is 0.616. The number of anilines is 1. The van der Waals surface area contributed by atoms with E-state index in [0.717, 1.165) is 38.5 Å². The molecule has 108 valence electrons. The second-order valence-corrected chi connectivity index (χ2v) is 5.42. The van der Waals surface area contributed by atoms with Gasteiger partial charge in [-0.2, -0.15) is 0 Å². The molecule has 0 aliphatic carbocycles. The first-order valence-corrected chi connectivity index (χ1v) is 7.10. The number of carbonyl (C=O) groups excluding carboxylic acids is 1. The lowest BCUT2D eigenvalue weighted by Gasteiger charge is -2.26. The van der Waals surface area contributed by atoms with Crippen LogP contribution in [0.2, 0.25) is 0 Å². The van der Waals surface area contributed by atoms with Crippen LogP contribution in [0.15, 0.2) is 24.3 Å². The number of hydrogen-bond donors (Lipinski definition) is 1. The third kappa shape index (κ3) is 3.00. The lowest BCUT2D eigenvalue weighted by molar-refractivity contribution is -0.117. The summed E-state index contributed by atoms with van der Waals surface area (Å²) in [5.41, 5.74) is 2.11. The van der Waals surface area contributed by atoms with Crippen LogP contribution >= 0.6 is 0 Å². The maximum absolute atomic E-state index is 11.7. The Balaban J connectivity index is 1.63. The number of carbonyl (C=O) groups is 1. The van der Waals surface area contributed by atoms with Crippen molar-refractivity contribution in [2.45, 2.75) is 19.1 Å². The molecule has 0 aromatic heterocycles. The summed E-state index contributed by atoms with van der Waals surface area (Å²) in [6.45, 7) is 4.87. The molecule has 1 aromatic rings. The van der Waals surface area contributed by atoms with Gasteiger partial charge in [-0.25, -0.2) is 0 Å². The first kappa shape index (κ1) is 13.5. The van der Waals surface area contributed by atoms with Crippen LogP contribution in [0.25, 0.3) is 0 Å². The standard InChI is InChI=1S/C15H20N2O3/c18-14-9-15(19)17(11-14)13-3-1-12(2-4-13)10-16-5-7-20-8-6-16/h1-4,14,18H,5-11H2. The van der Waals surface area contributed by atoms with E-state index in [1.54, 1.807) is 4.90 Å². The zero-order chi connectivity index (χ0) is 13.9. The van der Waals surface area contributed by atoms with Gasteiger partial charge in [0.1, 0.15) is 0 Å². The van der Waals surface area contributed by atoms with Gasteiger partial charge in [0.2, 0.25) is 5.91 Å². The molecule has 2 heterocycles. The number of morpholine rings is 1. The molecule has 0 radical (unpaired) electrons. The van der Waals surface area contributed by atoms with Gasteiger partial charge in [-0.15, -0.1) is 0 Å². The summed E-state index contributed by atoms with van der Waals surface area (Å²) in [5.74, 6) is -0.00145. The molecule has 1 N–H and O–H groups in total. The van der Waals surface area contributed by atoms with Gasteiger partial charge in [0.15, 0.2) is 0 Å². The lowest BCUT2D eigenvalue weighted by atomic mass is 10.2. The maximum atomic E-state index is 11.7. The van der Waals surface area contributed by atoms with Crippen molar-refractivity contribution in [3.05, 3.63) is 29.8 Å². The fraction of sp³-hybridized carbons (Fsp3) is 0.533. The van der Waals surface area contributed by atoms with Gasteiger partial charge in [0.05, 0.1) is 32.3 Å². The van der Waals surface area contributed by atoms with Crippen molar-refractivity contribution in [3.8, 4) is 0 Å². The van der Waals surface area contributed by atoms with Crippen molar-refractivity contribution in [2.75, 3.05) is 37.7 Å². The van der Waals surface area contributed by atoms with E-state index in [0.29, 0.717) is 6.54 Å². The molecular weight excluding hydrogens is 256 g/mol. The number of benzene rings is 1. The number of rotatable bonds is 3. The number of ether oxygens (including phenoxy) is 1. The largest absolute Gasteiger partial charge is 0.391 e.